The molecular weight excluding hydrogens is 231 g/mol. The number of β-amino-alcohol motifs (C(OH)–C–C–N with tert-alkyl or cyclic N) is 1. The molecular formula is C12H20F3NO. The van der Waals surface area contributed by atoms with E-state index >= 15 is 0 Å². The summed E-state index contributed by atoms with van der Waals surface area (Å²) < 4.78 is 37.8. The van der Waals surface area contributed by atoms with Crippen molar-refractivity contribution >= 4 is 0 Å². The molecule has 2 saturated carbocycles. The molecule has 0 spiro atoms. The second-order valence-electron chi connectivity index (χ2n) is 5.50. The molecule has 2 rings (SSSR count). The normalized spacial score (nSPS) is 26.1. The van der Waals surface area contributed by atoms with E-state index in [2.05, 4.69) is 5.32 Å². The Balaban J connectivity index is 1.71. The fraction of sp³-hybridized carbons (Fsp3) is 1.00. The summed E-state index contributed by atoms with van der Waals surface area (Å²) in [6, 6.07) is 0. The zero-order valence-corrected chi connectivity index (χ0v) is 9.89. The van der Waals surface area contributed by atoms with Crippen LogP contribution in [0.5, 0.6) is 0 Å². The Labute approximate surface area is 99.6 Å². The minimum Gasteiger partial charge on any atom is -0.392 e. The molecule has 100 valence electrons. The molecule has 2 fully saturated rings. The van der Waals surface area contributed by atoms with Gasteiger partial charge in [-0.2, -0.15) is 13.2 Å². The van der Waals surface area contributed by atoms with Crippen LogP contribution in [0.1, 0.15) is 44.9 Å². The summed E-state index contributed by atoms with van der Waals surface area (Å²) in [4.78, 5) is 0. The molecule has 5 heteroatoms. The fourth-order valence-corrected chi connectivity index (χ4v) is 2.71. The molecule has 1 unspecified atom stereocenters. The van der Waals surface area contributed by atoms with Crippen molar-refractivity contribution in [2.75, 3.05) is 6.54 Å². The van der Waals surface area contributed by atoms with Crippen LogP contribution in [0, 0.1) is 5.92 Å². The van der Waals surface area contributed by atoms with E-state index in [1.165, 1.54) is 12.8 Å². The van der Waals surface area contributed by atoms with Gasteiger partial charge in [0.1, 0.15) is 5.54 Å². The summed E-state index contributed by atoms with van der Waals surface area (Å²) in [5.41, 5.74) is -1.69. The van der Waals surface area contributed by atoms with Crippen LogP contribution in [0.4, 0.5) is 13.2 Å². The zero-order valence-electron chi connectivity index (χ0n) is 9.89. The molecule has 1 atom stereocenters. The number of aliphatic hydroxyl groups is 1. The van der Waals surface area contributed by atoms with Gasteiger partial charge < -0.3 is 10.4 Å². The third-order valence-electron chi connectivity index (χ3n) is 4.05. The molecule has 17 heavy (non-hydrogen) atoms. The van der Waals surface area contributed by atoms with Crippen LogP contribution in [0.2, 0.25) is 0 Å². The van der Waals surface area contributed by atoms with Crippen molar-refractivity contribution in [2.45, 2.75) is 62.8 Å². The molecule has 0 aromatic heterocycles. The molecule has 2 aliphatic carbocycles. The summed E-state index contributed by atoms with van der Waals surface area (Å²) in [7, 11) is 0. The van der Waals surface area contributed by atoms with Crippen LogP contribution in [0.25, 0.3) is 0 Å². The van der Waals surface area contributed by atoms with E-state index in [1.807, 2.05) is 0 Å². The Hall–Kier alpha value is -0.290. The van der Waals surface area contributed by atoms with Crippen molar-refractivity contribution in [3.8, 4) is 0 Å². The van der Waals surface area contributed by atoms with Gasteiger partial charge in [-0.05, 0) is 25.2 Å². The van der Waals surface area contributed by atoms with Crippen LogP contribution in [0.15, 0.2) is 0 Å². The smallest absolute Gasteiger partial charge is 0.392 e. The monoisotopic (exact) mass is 251 g/mol. The molecule has 2 N–H and O–H groups in total. The maximum Gasteiger partial charge on any atom is 0.406 e. The van der Waals surface area contributed by atoms with Crippen LogP contribution >= 0.6 is 0 Å². The molecule has 0 heterocycles. The average molecular weight is 251 g/mol. The third kappa shape index (κ3) is 3.13. The summed E-state index contributed by atoms with van der Waals surface area (Å²) in [6.07, 6.45) is 0.718. The van der Waals surface area contributed by atoms with Gasteiger partial charge in [0.25, 0.3) is 0 Å². The van der Waals surface area contributed by atoms with Gasteiger partial charge in [-0.25, -0.2) is 0 Å². The van der Waals surface area contributed by atoms with Gasteiger partial charge >= 0.3 is 6.18 Å². The summed E-state index contributed by atoms with van der Waals surface area (Å²) in [5, 5.41) is 12.2. The largest absolute Gasteiger partial charge is 0.406 e. The topological polar surface area (TPSA) is 32.3 Å². The molecule has 0 saturated heterocycles. The lowest BCUT2D eigenvalue weighted by atomic mass is 10.00. The first-order chi connectivity index (χ1) is 7.93. The third-order valence-corrected chi connectivity index (χ3v) is 4.05. The van der Waals surface area contributed by atoms with Crippen LogP contribution in [-0.2, 0) is 0 Å². The molecule has 0 aliphatic heterocycles. The summed E-state index contributed by atoms with van der Waals surface area (Å²) in [5.74, 6) is 0.507. The van der Waals surface area contributed by atoms with E-state index in [0.717, 1.165) is 12.8 Å². The average Bonchev–Trinajstić information content (AvgIpc) is 2.88. The lowest BCUT2D eigenvalue weighted by Crippen LogP contribution is -2.47. The van der Waals surface area contributed by atoms with Gasteiger partial charge in [0.2, 0.25) is 0 Å². The minimum atomic E-state index is -4.18. The number of alkyl halides is 3. The lowest BCUT2D eigenvalue weighted by Gasteiger charge is -2.23. The van der Waals surface area contributed by atoms with E-state index < -0.39 is 17.8 Å². The second-order valence-corrected chi connectivity index (χ2v) is 5.50. The highest BCUT2D eigenvalue weighted by Gasteiger charge is 2.63. The van der Waals surface area contributed by atoms with Gasteiger partial charge in [-0.3, -0.25) is 0 Å². The maximum atomic E-state index is 12.6. The summed E-state index contributed by atoms with van der Waals surface area (Å²) in [6.45, 7) is 0.0655. The Morgan fingerprint density at radius 1 is 1.24 bits per heavy atom. The van der Waals surface area contributed by atoms with Crippen LogP contribution in [-0.4, -0.2) is 29.5 Å². The lowest BCUT2D eigenvalue weighted by molar-refractivity contribution is -0.166. The molecule has 2 aliphatic rings. The van der Waals surface area contributed by atoms with Crippen molar-refractivity contribution in [3.05, 3.63) is 0 Å². The predicted octanol–water partition coefficient (Wildman–Crippen LogP) is 2.61. The first-order valence-electron chi connectivity index (χ1n) is 6.43. The van der Waals surface area contributed by atoms with E-state index in [0.29, 0.717) is 12.3 Å². The maximum absolute atomic E-state index is 12.6. The van der Waals surface area contributed by atoms with E-state index in [9.17, 15) is 18.3 Å². The van der Waals surface area contributed by atoms with Crippen molar-refractivity contribution < 1.29 is 18.3 Å². The summed E-state index contributed by atoms with van der Waals surface area (Å²) >= 11 is 0. The number of rotatable bonds is 5. The molecule has 0 aromatic rings. The predicted molar refractivity (Wildman–Crippen MR) is 58.6 cm³/mol. The number of hydrogen-bond donors (Lipinski definition) is 2. The van der Waals surface area contributed by atoms with Gasteiger partial charge in [-0.15, -0.1) is 0 Å². The van der Waals surface area contributed by atoms with Gasteiger partial charge in [0, 0.05) is 6.54 Å². The molecule has 0 bridgehead atoms. The van der Waals surface area contributed by atoms with E-state index in [-0.39, 0.29) is 19.4 Å². The SMILES string of the molecule is OC(CNC1(C(F)(F)F)CC1)CC1CCCC1. The second kappa shape index (κ2) is 4.76. The number of hydrogen-bond acceptors (Lipinski definition) is 2. The Bertz CT molecular complexity index is 257. The number of nitrogens with one attached hydrogen (secondary N) is 1. The van der Waals surface area contributed by atoms with E-state index in [1.54, 1.807) is 0 Å². The van der Waals surface area contributed by atoms with Crippen LogP contribution in [0.3, 0.4) is 0 Å². The van der Waals surface area contributed by atoms with Gasteiger partial charge in [-0.1, -0.05) is 25.7 Å². The Morgan fingerprint density at radius 2 is 1.82 bits per heavy atom. The fourth-order valence-electron chi connectivity index (χ4n) is 2.71. The highest BCUT2D eigenvalue weighted by Crippen LogP contribution is 2.48. The molecule has 2 nitrogen and oxygen atoms in total. The minimum absolute atomic E-state index is 0.0655. The Morgan fingerprint density at radius 3 is 2.29 bits per heavy atom. The zero-order chi connectivity index (χ0) is 12.5. The Kier molecular flexibility index (Phi) is 3.69. The van der Waals surface area contributed by atoms with Gasteiger partial charge in [0.05, 0.1) is 6.10 Å². The first-order valence-corrected chi connectivity index (χ1v) is 6.43. The number of aliphatic hydroxyl groups excluding tert-OH is 1. The standard InChI is InChI=1S/C12H20F3NO/c13-12(14,15)11(5-6-11)16-8-10(17)7-9-3-1-2-4-9/h9-10,16-17H,1-8H2. The molecule has 0 radical (unpaired) electrons. The van der Waals surface area contributed by atoms with Crippen molar-refractivity contribution in [2.24, 2.45) is 5.92 Å². The van der Waals surface area contributed by atoms with Crippen molar-refractivity contribution in [1.82, 2.24) is 5.32 Å². The van der Waals surface area contributed by atoms with Gasteiger partial charge in [0.15, 0.2) is 0 Å². The van der Waals surface area contributed by atoms with Crippen LogP contribution < -0.4 is 5.32 Å². The number of halogens is 3. The van der Waals surface area contributed by atoms with Crippen molar-refractivity contribution in [1.29, 1.82) is 0 Å². The van der Waals surface area contributed by atoms with Crippen molar-refractivity contribution in [3.63, 3.8) is 0 Å². The highest BCUT2D eigenvalue weighted by atomic mass is 19.4. The highest BCUT2D eigenvalue weighted by molar-refractivity contribution is 5.08. The first kappa shape index (κ1) is 13.1. The van der Waals surface area contributed by atoms with E-state index in [4.69, 9.17) is 0 Å². The quantitative estimate of drug-likeness (QED) is 0.787. The molecule has 0 amide bonds. The molecule has 0 aromatic carbocycles.